The molecular formula is C52H45N3O4. The van der Waals surface area contributed by atoms with Crippen molar-refractivity contribution in [3.63, 3.8) is 0 Å². The lowest BCUT2D eigenvalue weighted by Crippen LogP contribution is -2.25. The number of rotatable bonds is 14. The van der Waals surface area contributed by atoms with E-state index in [9.17, 15) is 10.2 Å². The molecule has 2 unspecified atom stereocenters. The van der Waals surface area contributed by atoms with Crippen LogP contribution in [0, 0.1) is 5.92 Å². The molecule has 0 saturated heterocycles. The van der Waals surface area contributed by atoms with Gasteiger partial charge in [-0.2, -0.15) is 0 Å². The number of unbranched alkanes of at least 4 members (excludes halogenated alkanes) is 1. The number of ether oxygens (including phenoxy) is 2. The second kappa shape index (κ2) is 15.4. The number of aromatic hydroxyl groups is 1. The molecule has 0 fully saturated rings. The molecule has 0 spiro atoms. The van der Waals surface area contributed by atoms with Gasteiger partial charge in [-0.1, -0.05) is 130 Å². The van der Waals surface area contributed by atoms with Gasteiger partial charge in [0.2, 0.25) is 0 Å². The number of hydrogen-bond donors (Lipinski definition) is 2. The van der Waals surface area contributed by atoms with Crippen LogP contribution in [0.1, 0.15) is 39.5 Å². The fourth-order valence-corrected chi connectivity index (χ4v) is 8.90. The maximum Gasteiger partial charge on any atom is 0.167 e. The van der Waals surface area contributed by atoms with Gasteiger partial charge < -0.3 is 19.7 Å². The van der Waals surface area contributed by atoms with Gasteiger partial charge >= 0.3 is 0 Å². The smallest absolute Gasteiger partial charge is 0.167 e. The zero-order valence-electron chi connectivity index (χ0n) is 33.3. The Morgan fingerprint density at radius 3 is 1.51 bits per heavy atom. The summed E-state index contributed by atoms with van der Waals surface area (Å²) in [4.78, 5) is 15.5. The van der Waals surface area contributed by atoms with Crippen molar-refractivity contribution in [2.24, 2.45) is 5.92 Å². The highest BCUT2D eigenvalue weighted by molar-refractivity contribution is 6.26. The Hall–Kier alpha value is -6.41. The lowest BCUT2D eigenvalue weighted by molar-refractivity contribution is -0.00111. The summed E-state index contributed by atoms with van der Waals surface area (Å²) in [5, 5.41) is 36.1. The first-order valence-corrected chi connectivity index (χ1v) is 20.8. The highest BCUT2D eigenvalue weighted by Gasteiger charge is 2.21. The lowest BCUT2D eigenvalue weighted by Gasteiger charge is -2.17. The van der Waals surface area contributed by atoms with E-state index in [0.717, 1.165) is 51.9 Å². The molecule has 10 rings (SSSR count). The fourth-order valence-electron chi connectivity index (χ4n) is 8.90. The van der Waals surface area contributed by atoms with Crippen molar-refractivity contribution in [1.29, 1.82) is 0 Å². The first kappa shape index (κ1) is 36.9. The number of phenolic OH excluding ortho intramolecular Hbond substituents is 1. The van der Waals surface area contributed by atoms with Crippen molar-refractivity contribution in [2.45, 2.75) is 45.6 Å². The minimum Gasteiger partial charge on any atom is -0.507 e. The summed E-state index contributed by atoms with van der Waals surface area (Å²) in [6, 6.07) is 43.7. The average molecular weight is 776 g/mol. The van der Waals surface area contributed by atoms with Crippen LogP contribution >= 0.6 is 0 Å². The first-order chi connectivity index (χ1) is 29.0. The second-order valence-corrected chi connectivity index (χ2v) is 15.8. The van der Waals surface area contributed by atoms with E-state index in [-0.39, 0.29) is 19.0 Å². The molecule has 0 saturated carbocycles. The monoisotopic (exact) mass is 775 g/mol. The molecule has 0 amide bonds. The van der Waals surface area contributed by atoms with Crippen LogP contribution < -0.4 is 4.74 Å². The zero-order valence-corrected chi connectivity index (χ0v) is 33.3. The number of benzene rings is 9. The lowest BCUT2D eigenvalue weighted by atomic mass is 9.91. The first-order valence-electron chi connectivity index (χ1n) is 20.8. The van der Waals surface area contributed by atoms with E-state index in [0.29, 0.717) is 41.3 Å². The molecule has 2 N–H and O–H groups in total. The molecule has 10 aromatic rings. The molecule has 0 aliphatic carbocycles. The normalized spacial score (nSPS) is 13.1. The van der Waals surface area contributed by atoms with Gasteiger partial charge in [0.25, 0.3) is 0 Å². The number of aromatic nitrogens is 3. The quantitative estimate of drug-likeness (QED) is 0.106. The van der Waals surface area contributed by atoms with E-state index >= 15 is 0 Å². The highest BCUT2D eigenvalue weighted by Crippen LogP contribution is 2.42. The molecule has 7 heteroatoms. The van der Waals surface area contributed by atoms with Crippen LogP contribution in [0.3, 0.4) is 0 Å². The fraction of sp³-hybridized carbons (Fsp3) is 0.212. The number of aliphatic hydroxyl groups excluding tert-OH is 1. The Bertz CT molecular complexity index is 2930. The van der Waals surface area contributed by atoms with Crippen molar-refractivity contribution >= 4 is 64.6 Å². The van der Waals surface area contributed by atoms with E-state index in [2.05, 4.69) is 123 Å². The third-order valence-corrected chi connectivity index (χ3v) is 12.0. The van der Waals surface area contributed by atoms with Crippen LogP contribution in [0.15, 0.2) is 127 Å². The largest absolute Gasteiger partial charge is 0.507 e. The van der Waals surface area contributed by atoms with Gasteiger partial charge in [0.1, 0.15) is 24.2 Å². The van der Waals surface area contributed by atoms with Crippen molar-refractivity contribution in [3.05, 3.63) is 127 Å². The summed E-state index contributed by atoms with van der Waals surface area (Å²) >= 11 is 0. The standard InChI is InChI=1S/C52H45N3O4/c1-3-5-8-31(4-2)28-58-29-38(56)30-59-39-21-26-44(45(57)27-39)52-54-50(42-24-19-36-15-13-32-9-6-11-34-17-22-40(42)48(36)46(32)34)53-51(55-52)43-25-20-37-16-14-33-10-7-12-35-18-23-41(43)49(37)47(33)35/h6-7,9-27,31,38,56-57H,3-5,8,28-30H2,1-2H3. The summed E-state index contributed by atoms with van der Waals surface area (Å²) in [6.45, 7) is 5.23. The Kier molecular flexibility index (Phi) is 9.63. The Morgan fingerprint density at radius 1 is 0.525 bits per heavy atom. The van der Waals surface area contributed by atoms with Gasteiger partial charge in [0.05, 0.1) is 12.2 Å². The maximum atomic E-state index is 11.6. The molecule has 0 aliphatic heterocycles. The van der Waals surface area contributed by atoms with Crippen molar-refractivity contribution in [3.8, 4) is 45.7 Å². The van der Waals surface area contributed by atoms with Gasteiger partial charge in [0.15, 0.2) is 17.5 Å². The number of nitrogens with zero attached hydrogens (tertiary/aromatic N) is 3. The van der Waals surface area contributed by atoms with Crippen LogP contribution in [-0.4, -0.2) is 51.1 Å². The second-order valence-electron chi connectivity index (χ2n) is 15.8. The molecule has 1 aromatic heterocycles. The number of aliphatic hydroxyl groups is 1. The zero-order chi connectivity index (χ0) is 40.0. The van der Waals surface area contributed by atoms with Crippen LogP contribution in [0.2, 0.25) is 0 Å². The molecule has 7 nitrogen and oxygen atoms in total. The Labute approximate surface area is 342 Å². The van der Waals surface area contributed by atoms with Crippen molar-refractivity contribution in [2.75, 3.05) is 19.8 Å². The van der Waals surface area contributed by atoms with E-state index < -0.39 is 6.10 Å². The van der Waals surface area contributed by atoms with Crippen LogP contribution in [0.4, 0.5) is 0 Å². The summed E-state index contributed by atoms with van der Waals surface area (Å²) in [7, 11) is 0. The molecular weight excluding hydrogens is 731 g/mol. The van der Waals surface area contributed by atoms with Crippen molar-refractivity contribution in [1.82, 2.24) is 15.0 Å². The Balaban J connectivity index is 1.05. The molecule has 1 heterocycles. The maximum absolute atomic E-state index is 11.6. The third-order valence-electron chi connectivity index (χ3n) is 12.0. The van der Waals surface area contributed by atoms with Crippen LogP contribution in [0.5, 0.6) is 11.5 Å². The van der Waals surface area contributed by atoms with E-state index in [1.165, 1.54) is 49.5 Å². The average Bonchev–Trinajstić information content (AvgIpc) is 3.27. The van der Waals surface area contributed by atoms with Gasteiger partial charge in [0, 0.05) is 23.8 Å². The van der Waals surface area contributed by atoms with Gasteiger partial charge in [-0.15, -0.1) is 0 Å². The predicted octanol–water partition coefficient (Wildman–Crippen LogP) is 12.3. The van der Waals surface area contributed by atoms with Gasteiger partial charge in [-0.05, 0) is 101 Å². The Morgan fingerprint density at radius 2 is 1.00 bits per heavy atom. The summed E-state index contributed by atoms with van der Waals surface area (Å²) in [5.74, 6) is 2.24. The molecule has 0 bridgehead atoms. The summed E-state index contributed by atoms with van der Waals surface area (Å²) in [6.07, 6.45) is 3.73. The molecule has 9 aromatic carbocycles. The molecule has 2 atom stereocenters. The summed E-state index contributed by atoms with van der Waals surface area (Å²) in [5.41, 5.74) is 2.20. The number of phenols is 1. The number of hydrogen-bond acceptors (Lipinski definition) is 7. The van der Waals surface area contributed by atoms with E-state index in [1.54, 1.807) is 18.2 Å². The minimum atomic E-state index is -0.801. The molecule has 0 aliphatic rings. The van der Waals surface area contributed by atoms with E-state index in [1.807, 2.05) is 0 Å². The van der Waals surface area contributed by atoms with Gasteiger partial charge in [-0.25, -0.2) is 15.0 Å². The highest BCUT2D eigenvalue weighted by atomic mass is 16.5. The molecule has 292 valence electrons. The van der Waals surface area contributed by atoms with Crippen LogP contribution in [-0.2, 0) is 4.74 Å². The topological polar surface area (TPSA) is 97.6 Å². The summed E-state index contributed by atoms with van der Waals surface area (Å²) < 4.78 is 11.8. The van der Waals surface area contributed by atoms with Crippen LogP contribution in [0.25, 0.3) is 98.8 Å². The van der Waals surface area contributed by atoms with Gasteiger partial charge in [-0.3, -0.25) is 0 Å². The molecule has 59 heavy (non-hydrogen) atoms. The van der Waals surface area contributed by atoms with Crippen molar-refractivity contribution < 1.29 is 19.7 Å². The van der Waals surface area contributed by atoms with E-state index in [4.69, 9.17) is 24.4 Å². The predicted molar refractivity (Wildman–Crippen MR) is 241 cm³/mol. The molecule has 0 radical (unpaired) electrons. The SMILES string of the molecule is CCCCC(CC)COCC(O)COc1ccc(-c2nc(-c3ccc4ccc5cccc6ccc3c4c56)nc(-c3ccc4ccc5cccc6ccc3c4c56)n2)c(O)c1. The third kappa shape index (κ3) is 6.70. The minimum absolute atomic E-state index is 0.0356.